The molecule has 6 nitrogen and oxygen atoms in total. The number of piperidine rings is 1. The fourth-order valence-corrected chi connectivity index (χ4v) is 6.21. The van der Waals surface area contributed by atoms with E-state index in [1.165, 1.54) is 35.7 Å². The summed E-state index contributed by atoms with van der Waals surface area (Å²) >= 11 is 0. The highest BCUT2D eigenvalue weighted by Gasteiger charge is 2.27. The Bertz CT molecular complexity index is 1160. The van der Waals surface area contributed by atoms with E-state index < -0.39 is 21.9 Å². The molecule has 0 spiro atoms. The van der Waals surface area contributed by atoms with Crippen LogP contribution in [0.4, 0.5) is 4.39 Å². The minimum Gasteiger partial charge on any atom is -0.371 e. The van der Waals surface area contributed by atoms with Crippen molar-refractivity contribution in [2.45, 2.75) is 44.0 Å². The molecule has 0 amide bonds. The lowest BCUT2D eigenvalue weighted by atomic mass is 9.92. The van der Waals surface area contributed by atoms with Crippen LogP contribution < -0.4 is 4.72 Å². The first-order chi connectivity index (χ1) is 16.9. The number of likely N-dealkylation sites (tertiary alicyclic amines) is 1. The Hall–Kier alpha value is -2.55. The molecule has 35 heavy (non-hydrogen) atoms. The molecule has 0 aliphatic carbocycles. The van der Waals surface area contributed by atoms with E-state index in [0.29, 0.717) is 12.3 Å². The topological polar surface area (TPSA) is 65.0 Å². The molecule has 0 radical (unpaired) electrons. The lowest BCUT2D eigenvalue weighted by molar-refractivity contribution is 0.190. The Balaban J connectivity index is 1.40. The minimum absolute atomic E-state index is 0.320. The van der Waals surface area contributed by atoms with Gasteiger partial charge >= 0.3 is 0 Å². The van der Waals surface area contributed by atoms with Crippen molar-refractivity contribution >= 4 is 15.7 Å². The normalized spacial score (nSPS) is 18.8. The molecule has 4 rings (SSSR count). The van der Waals surface area contributed by atoms with Crippen LogP contribution in [-0.4, -0.2) is 56.7 Å². The zero-order chi connectivity index (χ0) is 24.8. The molecule has 0 unspecified atom stereocenters. The summed E-state index contributed by atoms with van der Waals surface area (Å²) in [6.07, 6.45) is 4.90. The molecule has 2 aromatic rings. The van der Waals surface area contributed by atoms with Crippen molar-refractivity contribution in [3.05, 3.63) is 77.9 Å². The zero-order valence-corrected chi connectivity index (χ0v) is 21.3. The van der Waals surface area contributed by atoms with Gasteiger partial charge in [0.15, 0.2) is 0 Å². The van der Waals surface area contributed by atoms with Gasteiger partial charge in [0.25, 0.3) is 0 Å². The van der Waals surface area contributed by atoms with Gasteiger partial charge in [-0.2, -0.15) is 0 Å². The van der Waals surface area contributed by atoms with Gasteiger partial charge in [-0.3, -0.25) is 4.99 Å². The van der Waals surface area contributed by atoms with E-state index >= 15 is 0 Å². The average Bonchev–Trinajstić information content (AvgIpc) is 2.87. The Morgan fingerprint density at radius 3 is 2.46 bits per heavy atom. The van der Waals surface area contributed by atoms with Crippen LogP contribution in [0.5, 0.6) is 0 Å². The summed E-state index contributed by atoms with van der Waals surface area (Å²) in [4.78, 5) is 9.22. The standard InChI is InChI=1S/C27H35FN4O2S/c1-3-31-19-21(2)29-26(20-31)23-13-16-32(17-14-23)18-15-25(22-9-5-4-6-10-22)30-35(33,34)27-12-8-7-11-24(27)28/h4-12,20,23,25,30H,3,13-19H2,1-2H3/t25-/m1/s1. The number of nitrogens with zero attached hydrogens (tertiary/aromatic N) is 3. The molecule has 1 saturated heterocycles. The van der Waals surface area contributed by atoms with Gasteiger partial charge in [0, 0.05) is 30.4 Å². The lowest BCUT2D eigenvalue weighted by Crippen LogP contribution is -2.38. The van der Waals surface area contributed by atoms with E-state index in [2.05, 4.69) is 34.6 Å². The predicted molar refractivity (Wildman–Crippen MR) is 138 cm³/mol. The molecule has 2 heterocycles. The smallest absolute Gasteiger partial charge is 0.244 e. The van der Waals surface area contributed by atoms with Crippen molar-refractivity contribution < 1.29 is 12.8 Å². The van der Waals surface area contributed by atoms with Crippen LogP contribution in [0.2, 0.25) is 0 Å². The van der Waals surface area contributed by atoms with Crippen LogP contribution in [0, 0.1) is 11.7 Å². The van der Waals surface area contributed by atoms with Crippen molar-refractivity contribution in [3.63, 3.8) is 0 Å². The van der Waals surface area contributed by atoms with Crippen LogP contribution in [0.1, 0.15) is 44.7 Å². The molecule has 0 aromatic heterocycles. The molecule has 1 fully saturated rings. The van der Waals surface area contributed by atoms with Gasteiger partial charge in [0.1, 0.15) is 10.7 Å². The monoisotopic (exact) mass is 498 g/mol. The summed E-state index contributed by atoms with van der Waals surface area (Å²) in [5, 5.41) is 0. The molecule has 1 N–H and O–H groups in total. The largest absolute Gasteiger partial charge is 0.371 e. The first kappa shape index (κ1) is 25.5. The summed E-state index contributed by atoms with van der Waals surface area (Å²) in [6, 6.07) is 14.6. The van der Waals surface area contributed by atoms with Gasteiger partial charge in [-0.1, -0.05) is 42.5 Å². The Morgan fingerprint density at radius 2 is 1.77 bits per heavy atom. The van der Waals surface area contributed by atoms with Gasteiger partial charge in [0.2, 0.25) is 10.0 Å². The molecule has 2 aliphatic rings. The Kier molecular flexibility index (Phi) is 8.36. The van der Waals surface area contributed by atoms with Crippen molar-refractivity contribution in [1.29, 1.82) is 0 Å². The first-order valence-corrected chi connectivity index (χ1v) is 13.9. The second-order valence-electron chi connectivity index (χ2n) is 9.38. The van der Waals surface area contributed by atoms with E-state index in [9.17, 15) is 12.8 Å². The third kappa shape index (κ3) is 6.57. The average molecular weight is 499 g/mol. The predicted octanol–water partition coefficient (Wildman–Crippen LogP) is 4.59. The number of benzene rings is 2. The summed E-state index contributed by atoms with van der Waals surface area (Å²) < 4.78 is 43.0. The van der Waals surface area contributed by atoms with Crippen LogP contribution in [0.25, 0.3) is 0 Å². The van der Waals surface area contributed by atoms with Crippen LogP contribution >= 0.6 is 0 Å². The van der Waals surface area contributed by atoms with Gasteiger partial charge < -0.3 is 9.80 Å². The van der Waals surface area contributed by atoms with Gasteiger partial charge in [-0.05, 0) is 70.4 Å². The number of rotatable bonds is 9. The molecular weight excluding hydrogens is 463 g/mol. The number of hydrogen-bond donors (Lipinski definition) is 1. The zero-order valence-electron chi connectivity index (χ0n) is 20.5. The van der Waals surface area contributed by atoms with E-state index in [4.69, 9.17) is 4.99 Å². The first-order valence-electron chi connectivity index (χ1n) is 12.4. The molecule has 2 aromatic carbocycles. The molecule has 1 atom stereocenters. The highest BCUT2D eigenvalue weighted by molar-refractivity contribution is 7.89. The minimum atomic E-state index is -4.00. The van der Waals surface area contributed by atoms with Crippen LogP contribution in [0.3, 0.4) is 0 Å². The van der Waals surface area contributed by atoms with Gasteiger partial charge in [-0.15, -0.1) is 0 Å². The fraction of sp³-hybridized carbons (Fsp3) is 0.444. The van der Waals surface area contributed by atoms with E-state index in [-0.39, 0.29) is 4.90 Å². The second kappa shape index (κ2) is 11.5. The Labute approximate surface area is 208 Å². The number of aliphatic imine (C=N–C) groups is 1. The number of sulfonamides is 1. The quantitative estimate of drug-likeness (QED) is 0.550. The molecule has 0 saturated carbocycles. The number of allylic oxidation sites excluding steroid dienone is 1. The maximum Gasteiger partial charge on any atom is 0.244 e. The van der Waals surface area contributed by atoms with Crippen LogP contribution in [-0.2, 0) is 10.0 Å². The third-order valence-corrected chi connectivity index (χ3v) is 8.34. The highest BCUT2D eigenvalue weighted by Crippen LogP contribution is 2.29. The summed E-state index contributed by atoms with van der Waals surface area (Å²) in [5.74, 6) is -0.287. The van der Waals surface area contributed by atoms with Crippen molar-refractivity contribution in [3.8, 4) is 0 Å². The molecule has 188 valence electrons. The number of hydrogen-bond acceptors (Lipinski definition) is 5. The number of nitrogens with one attached hydrogen (secondary N) is 1. The summed E-state index contributed by atoms with van der Waals surface area (Å²) in [7, 11) is -4.00. The third-order valence-electron chi connectivity index (χ3n) is 6.84. The fourth-order valence-electron chi connectivity index (χ4n) is 4.87. The van der Waals surface area contributed by atoms with Crippen LogP contribution in [0.15, 0.2) is 76.4 Å². The molecule has 0 bridgehead atoms. The summed E-state index contributed by atoms with van der Waals surface area (Å²) in [5.41, 5.74) is 3.23. The van der Waals surface area contributed by atoms with E-state index in [1.54, 1.807) is 0 Å². The Morgan fingerprint density at radius 1 is 1.09 bits per heavy atom. The van der Waals surface area contributed by atoms with Gasteiger partial charge in [0.05, 0.1) is 12.2 Å². The van der Waals surface area contributed by atoms with Crippen molar-refractivity contribution in [1.82, 2.24) is 14.5 Å². The molecule has 2 aliphatic heterocycles. The van der Waals surface area contributed by atoms with E-state index in [0.717, 1.165) is 51.1 Å². The maximum absolute atomic E-state index is 14.2. The van der Waals surface area contributed by atoms with E-state index in [1.807, 2.05) is 30.3 Å². The SMILES string of the molecule is CCN1C=C(C2CCN(CC[C@@H](NS(=O)(=O)c3ccccc3F)c3ccccc3)CC2)N=C(C)C1. The van der Waals surface area contributed by atoms with Crippen molar-refractivity contribution in [2.75, 3.05) is 32.7 Å². The highest BCUT2D eigenvalue weighted by atomic mass is 32.2. The molecular formula is C27H35FN4O2S. The van der Waals surface area contributed by atoms with Gasteiger partial charge in [-0.25, -0.2) is 17.5 Å². The second-order valence-corrected chi connectivity index (χ2v) is 11.1. The summed E-state index contributed by atoms with van der Waals surface area (Å²) in [6.45, 7) is 8.81. The molecule has 8 heteroatoms. The maximum atomic E-state index is 14.2. The van der Waals surface area contributed by atoms with Crippen molar-refractivity contribution in [2.24, 2.45) is 10.9 Å². The number of halogens is 1. The lowest BCUT2D eigenvalue weighted by Gasteiger charge is -2.35.